The highest BCUT2D eigenvalue weighted by Gasteiger charge is 2.36. The lowest BCUT2D eigenvalue weighted by molar-refractivity contribution is -0.145. The second-order valence-corrected chi connectivity index (χ2v) is 7.55. The predicted octanol–water partition coefficient (Wildman–Crippen LogP) is 2.42. The molecule has 0 radical (unpaired) electrons. The van der Waals surface area contributed by atoms with Gasteiger partial charge in [-0.3, -0.25) is 14.4 Å². The maximum absolute atomic E-state index is 13.6. The average molecular weight is 378 g/mol. The monoisotopic (exact) mass is 378 g/mol. The van der Waals surface area contributed by atoms with Gasteiger partial charge in [-0.15, -0.1) is 0 Å². The Balaban J connectivity index is 2.11. The lowest BCUT2D eigenvalue weighted by atomic mass is 9.83. The van der Waals surface area contributed by atoms with Gasteiger partial charge in [0.1, 0.15) is 12.4 Å². The predicted molar refractivity (Wildman–Crippen MR) is 98.7 cm³/mol. The summed E-state index contributed by atoms with van der Waals surface area (Å²) in [6, 6.07) is 5.86. The zero-order valence-corrected chi connectivity index (χ0v) is 16.1. The van der Waals surface area contributed by atoms with E-state index >= 15 is 0 Å². The number of benzene rings is 1. The van der Waals surface area contributed by atoms with E-state index in [2.05, 4.69) is 0 Å². The highest BCUT2D eigenvalue weighted by Crippen LogP contribution is 2.28. The van der Waals surface area contributed by atoms with Crippen LogP contribution in [0, 0.1) is 5.82 Å². The molecule has 1 atom stereocenters. The summed E-state index contributed by atoms with van der Waals surface area (Å²) in [6.07, 6.45) is 1.86. The molecule has 2 rings (SSSR count). The first-order valence-corrected chi connectivity index (χ1v) is 9.17. The van der Waals surface area contributed by atoms with Crippen molar-refractivity contribution in [2.45, 2.75) is 51.5 Å². The summed E-state index contributed by atoms with van der Waals surface area (Å²) in [5.74, 6) is -1.80. The minimum absolute atomic E-state index is 0.0960. The summed E-state index contributed by atoms with van der Waals surface area (Å²) < 4.78 is 13.6. The normalized spacial score (nSPS) is 17.9. The number of halogens is 1. The van der Waals surface area contributed by atoms with Gasteiger partial charge in [-0.05, 0) is 50.8 Å². The number of likely N-dealkylation sites (tertiary alicyclic amines) is 1. The van der Waals surface area contributed by atoms with Crippen molar-refractivity contribution in [2.75, 3.05) is 19.6 Å². The molecule has 7 heteroatoms. The van der Waals surface area contributed by atoms with Crippen LogP contribution in [-0.2, 0) is 19.8 Å². The highest BCUT2D eigenvalue weighted by atomic mass is 19.1. The van der Waals surface area contributed by atoms with E-state index in [4.69, 9.17) is 5.11 Å². The van der Waals surface area contributed by atoms with Crippen molar-refractivity contribution >= 4 is 17.8 Å². The molecule has 1 unspecified atom stereocenters. The largest absolute Gasteiger partial charge is 0.480 e. The van der Waals surface area contributed by atoms with Gasteiger partial charge in [0, 0.05) is 26.1 Å². The summed E-state index contributed by atoms with van der Waals surface area (Å²) >= 11 is 0. The summed E-state index contributed by atoms with van der Waals surface area (Å²) in [4.78, 5) is 39.1. The van der Waals surface area contributed by atoms with Gasteiger partial charge in [0.2, 0.25) is 11.8 Å². The molecule has 0 saturated carbocycles. The molecular formula is C20H27FN2O4. The summed E-state index contributed by atoms with van der Waals surface area (Å²) in [5, 5.41) is 9.04. The average Bonchev–Trinajstić information content (AvgIpc) is 2.84. The quantitative estimate of drug-likeness (QED) is 0.854. The number of carboxylic acids is 1. The zero-order valence-electron chi connectivity index (χ0n) is 16.1. The van der Waals surface area contributed by atoms with Crippen LogP contribution in [0.3, 0.4) is 0 Å². The van der Waals surface area contributed by atoms with E-state index in [1.807, 2.05) is 0 Å². The molecule has 0 spiro atoms. The fourth-order valence-electron chi connectivity index (χ4n) is 3.63. The Hall–Kier alpha value is -2.44. The number of carbonyl (C=O) groups excluding carboxylic acids is 2. The molecule has 27 heavy (non-hydrogen) atoms. The molecule has 1 fully saturated rings. The Kier molecular flexibility index (Phi) is 6.57. The van der Waals surface area contributed by atoms with Crippen LogP contribution in [0.5, 0.6) is 0 Å². The topological polar surface area (TPSA) is 77.9 Å². The lowest BCUT2D eigenvalue weighted by Crippen LogP contribution is -2.45. The molecule has 1 saturated heterocycles. The minimum atomic E-state index is -1.05. The number of carbonyl (C=O) groups is 3. The first-order valence-electron chi connectivity index (χ1n) is 9.17. The van der Waals surface area contributed by atoms with E-state index < -0.39 is 11.4 Å². The molecule has 1 N–H and O–H groups in total. The molecule has 0 aliphatic carbocycles. The molecule has 2 amide bonds. The lowest BCUT2D eigenvalue weighted by Gasteiger charge is -2.32. The van der Waals surface area contributed by atoms with E-state index in [1.54, 1.807) is 30.9 Å². The van der Waals surface area contributed by atoms with Crippen LogP contribution in [0.2, 0.25) is 0 Å². The third kappa shape index (κ3) is 5.05. The van der Waals surface area contributed by atoms with Crippen LogP contribution < -0.4 is 0 Å². The fourth-order valence-corrected chi connectivity index (χ4v) is 3.63. The van der Waals surface area contributed by atoms with E-state index in [1.165, 1.54) is 24.0 Å². The number of rotatable bonds is 5. The Labute approximate surface area is 158 Å². The van der Waals surface area contributed by atoms with E-state index in [9.17, 15) is 18.8 Å². The standard InChI is InChI=1S/C20H27FN2O4/c1-14(24)23(13-18(25)26)17-8-5-10-22(11-9-17)19(27)20(2,3)15-6-4-7-16(21)12-15/h4,6-7,12,17H,5,8-11,13H2,1-3H3,(H,25,26). The number of amides is 2. The van der Waals surface area contributed by atoms with Crippen LogP contribution >= 0.6 is 0 Å². The minimum Gasteiger partial charge on any atom is -0.480 e. The second kappa shape index (κ2) is 8.50. The van der Waals surface area contributed by atoms with Crippen molar-refractivity contribution in [3.63, 3.8) is 0 Å². The SMILES string of the molecule is CC(=O)N(CC(=O)O)C1CCCN(C(=O)C(C)(C)c2cccc(F)c2)CC1. The van der Waals surface area contributed by atoms with Gasteiger partial charge in [0.15, 0.2) is 0 Å². The third-order valence-electron chi connectivity index (χ3n) is 5.22. The summed E-state index contributed by atoms with van der Waals surface area (Å²) in [5.41, 5.74) is -0.256. The van der Waals surface area contributed by atoms with Crippen LogP contribution in [0.1, 0.15) is 45.6 Å². The van der Waals surface area contributed by atoms with Crippen LogP contribution in [0.15, 0.2) is 24.3 Å². The number of carboxylic acid groups (broad SMARTS) is 1. The van der Waals surface area contributed by atoms with E-state index in [-0.39, 0.29) is 30.2 Å². The highest BCUT2D eigenvalue weighted by molar-refractivity contribution is 5.87. The van der Waals surface area contributed by atoms with Gasteiger partial charge < -0.3 is 14.9 Å². The smallest absolute Gasteiger partial charge is 0.323 e. The zero-order chi connectivity index (χ0) is 20.2. The summed E-state index contributed by atoms with van der Waals surface area (Å²) in [7, 11) is 0. The van der Waals surface area contributed by atoms with Crippen LogP contribution in [-0.4, -0.2) is 58.4 Å². The molecule has 1 aromatic rings. The Morgan fingerprint density at radius 2 is 1.96 bits per heavy atom. The Morgan fingerprint density at radius 3 is 2.56 bits per heavy atom. The molecule has 1 aromatic carbocycles. The molecule has 6 nitrogen and oxygen atoms in total. The molecule has 148 valence electrons. The van der Waals surface area contributed by atoms with Crippen molar-refractivity contribution in [3.05, 3.63) is 35.6 Å². The molecule has 0 bridgehead atoms. The Morgan fingerprint density at radius 1 is 1.26 bits per heavy atom. The van der Waals surface area contributed by atoms with Crippen LogP contribution in [0.4, 0.5) is 4.39 Å². The van der Waals surface area contributed by atoms with Gasteiger partial charge in [0.05, 0.1) is 5.41 Å². The maximum Gasteiger partial charge on any atom is 0.323 e. The van der Waals surface area contributed by atoms with Crippen LogP contribution in [0.25, 0.3) is 0 Å². The first kappa shape index (κ1) is 20.9. The van der Waals surface area contributed by atoms with Gasteiger partial charge in [-0.1, -0.05) is 12.1 Å². The number of nitrogens with zero attached hydrogens (tertiary/aromatic N) is 2. The number of aliphatic carboxylic acids is 1. The van der Waals surface area contributed by atoms with Crippen molar-refractivity contribution in [3.8, 4) is 0 Å². The number of hydrogen-bond donors (Lipinski definition) is 1. The van der Waals surface area contributed by atoms with Crippen molar-refractivity contribution in [1.82, 2.24) is 9.80 Å². The molecule has 1 heterocycles. The van der Waals surface area contributed by atoms with Gasteiger partial charge >= 0.3 is 5.97 Å². The maximum atomic E-state index is 13.6. The first-order chi connectivity index (χ1) is 12.6. The number of hydrogen-bond acceptors (Lipinski definition) is 3. The van der Waals surface area contributed by atoms with Gasteiger partial charge in [-0.2, -0.15) is 0 Å². The molecule has 0 aromatic heterocycles. The second-order valence-electron chi connectivity index (χ2n) is 7.55. The van der Waals surface area contributed by atoms with Gasteiger partial charge in [-0.25, -0.2) is 4.39 Å². The van der Waals surface area contributed by atoms with Crippen molar-refractivity contribution in [1.29, 1.82) is 0 Å². The molecular weight excluding hydrogens is 351 g/mol. The fraction of sp³-hybridized carbons (Fsp3) is 0.550. The molecule has 1 aliphatic rings. The van der Waals surface area contributed by atoms with E-state index in [0.717, 1.165) is 0 Å². The van der Waals surface area contributed by atoms with E-state index in [0.29, 0.717) is 37.9 Å². The van der Waals surface area contributed by atoms with Gasteiger partial charge in [0.25, 0.3) is 0 Å². The summed E-state index contributed by atoms with van der Waals surface area (Å²) in [6.45, 7) is 5.56. The molecule has 1 aliphatic heterocycles. The third-order valence-corrected chi connectivity index (χ3v) is 5.22. The Bertz CT molecular complexity index is 720. The van der Waals surface area contributed by atoms with Crippen molar-refractivity contribution < 1.29 is 23.9 Å². The van der Waals surface area contributed by atoms with Crippen molar-refractivity contribution in [2.24, 2.45) is 0 Å².